The third-order valence-electron chi connectivity index (χ3n) is 2.11. The SMILES string of the molecule is CC(C)c1cnc(C(C)(F)F)c(C#N)c1. The van der Waals surface area contributed by atoms with Gasteiger partial charge in [-0.3, -0.25) is 4.98 Å². The van der Waals surface area contributed by atoms with Gasteiger partial charge in [0, 0.05) is 13.1 Å². The summed E-state index contributed by atoms with van der Waals surface area (Å²) in [5, 5.41) is 8.76. The Labute approximate surface area is 87.6 Å². The summed E-state index contributed by atoms with van der Waals surface area (Å²) < 4.78 is 26.0. The molecule has 80 valence electrons. The van der Waals surface area contributed by atoms with Crippen molar-refractivity contribution in [3.05, 3.63) is 29.1 Å². The summed E-state index contributed by atoms with van der Waals surface area (Å²) in [4.78, 5) is 3.67. The van der Waals surface area contributed by atoms with Crippen LogP contribution in [0.4, 0.5) is 8.78 Å². The zero-order valence-electron chi connectivity index (χ0n) is 8.88. The minimum Gasteiger partial charge on any atom is -0.253 e. The van der Waals surface area contributed by atoms with Crippen molar-refractivity contribution in [3.8, 4) is 6.07 Å². The number of nitriles is 1. The third kappa shape index (κ3) is 2.50. The monoisotopic (exact) mass is 210 g/mol. The average molecular weight is 210 g/mol. The molecular formula is C11H12F2N2. The molecule has 0 saturated heterocycles. The maximum atomic E-state index is 13.0. The predicted octanol–water partition coefficient (Wildman–Crippen LogP) is 3.19. The fourth-order valence-corrected chi connectivity index (χ4v) is 1.23. The quantitative estimate of drug-likeness (QED) is 0.751. The fourth-order valence-electron chi connectivity index (χ4n) is 1.23. The zero-order valence-corrected chi connectivity index (χ0v) is 8.88. The van der Waals surface area contributed by atoms with Gasteiger partial charge in [-0.25, -0.2) is 0 Å². The number of alkyl halides is 2. The van der Waals surface area contributed by atoms with Gasteiger partial charge in [-0.1, -0.05) is 13.8 Å². The van der Waals surface area contributed by atoms with Crippen LogP contribution in [0.25, 0.3) is 0 Å². The van der Waals surface area contributed by atoms with E-state index in [0.29, 0.717) is 0 Å². The molecule has 1 heterocycles. The van der Waals surface area contributed by atoms with E-state index in [9.17, 15) is 8.78 Å². The molecule has 2 nitrogen and oxygen atoms in total. The first-order valence-electron chi connectivity index (χ1n) is 4.64. The zero-order chi connectivity index (χ0) is 11.6. The van der Waals surface area contributed by atoms with Gasteiger partial charge in [0.2, 0.25) is 0 Å². The Morgan fingerprint density at radius 3 is 2.47 bits per heavy atom. The molecule has 0 spiro atoms. The Hall–Kier alpha value is -1.50. The lowest BCUT2D eigenvalue weighted by atomic mass is 10.0. The average Bonchev–Trinajstić information content (AvgIpc) is 2.15. The molecule has 1 aromatic rings. The summed E-state index contributed by atoms with van der Waals surface area (Å²) in [6.45, 7) is 4.58. The van der Waals surface area contributed by atoms with Crippen LogP contribution in [0.1, 0.15) is 43.5 Å². The molecule has 1 rings (SSSR count). The van der Waals surface area contributed by atoms with Crippen molar-refractivity contribution < 1.29 is 8.78 Å². The summed E-state index contributed by atoms with van der Waals surface area (Å²) in [6, 6.07) is 3.23. The largest absolute Gasteiger partial charge is 0.288 e. The number of hydrogen-bond donors (Lipinski definition) is 0. The number of rotatable bonds is 2. The van der Waals surface area contributed by atoms with Gasteiger partial charge in [-0.2, -0.15) is 14.0 Å². The number of nitrogens with zero attached hydrogens (tertiary/aromatic N) is 2. The van der Waals surface area contributed by atoms with Gasteiger partial charge in [-0.05, 0) is 17.5 Å². The molecule has 0 radical (unpaired) electrons. The van der Waals surface area contributed by atoms with E-state index in [1.165, 1.54) is 12.3 Å². The Morgan fingerprint density at radius 1 is 1.47 bits per heavy atom. The van der Waals surface area contributed by atoms with Crippen molar-refractivity contribution in [3.63, 3.8) is 0 Å². The Kier molecular flexibility index (Phi) is 3.04. The van der Waals surface area contributed by atoms with Gasteiger partial charge in [-0.15, -0.1) is 0 Å². The standard InChI is InChI=1S/C11H12F2N2/c1-7(2)9-4-8(5-14)10(15-6-9)11(3,12)13/h4,6-7H,1-3H3. The molecule has 0 saturated carbocycles. The molecule has 0 amide bonds. The molecule has 0 fully saturated rings. The highest BCUT2D eigenvalue weighted by atomic mass is 19.3. The molecule has 0 unspecified atom stereocenters. The molecule has 0 atom stereocenters. The summed E-state index contributed by atoms with van der Waals surface area (Å²) in [5.41, 5.74) is 0.294. The van der Waals surface area contributed by atoms with Crippen LogP contribution < -0.4 is 0 Å². The second-order valence-electron chi connectivity index (χ2n) is 3.82. The second-order valence-corrected chi connectivity index (χ2v) is 3.82. The highest BCUT2D eigenvalue weighted by Crippen LogP contribution is 2.29. The van der Waals surface area contributed by atoms with E-state index in [4.69, 9.17) is 5.26 Å². The summed E-state index contributed by atoms with van der Waals surface area (Å²) in [7, 11) is 0. The highest BCUT2D eigenvalue weighted by molar-refractivity contribution is 5.38. The lowest BCUT2D eigenvalue weighted by molar-refractivity contribution is 0.0124. The van der Waals surface area contributed by atoms with Gasteiger partial charge < -0.3 is 0 Å². The lowest BCUT2D eigenvalue weighted by Gasteiger charge is -2.13. The van der Waals surface area contributed by atoms with Crippen molar-refractivity contribution in [1.82, 2.24) is 4.98 Å². The first kappa shape index (κ1) is 11.6. The Bertz CT molecular complexity index is 400. The normalized spacial score (nSPS) is 11.5. The maximum absolute atomic E-state index is 13.0. The van der Waals surface area contributed by atoms with Crippen molar-refractivity contribution in [1.29, 1.82) is 5.26 Å². The van der Waals surface area contributed by atoms with Crippen LogP contribution >= 0.6 is 0 Å². The van der Waals surface area contributed by atoms with Gasteiger partial charge in [0.1, 0.15) is 11.8 Å². The molecule has 0 bridgehead atoms. The van der Waals surface area contributed by atoms with Crippen LogP contribution in [0, 0.1) is 11.3 Å². The van der Waals surface area contributed by atoms with Crippen molar-refractivity contribution >= 4 is 0 Å². The number of halogens is 2. The lowest BCUT2D eigenvalue weighted by Crippen LogP contribution is -2.13. The Morgan fingerprint density at radius 2 is 2.07 bits per heavy atom. The molecule has 1 aromatic heterocycles. The van der Waals surface area contributed by atoms with Crippen LogP contribution in [-0.2, 0) is 5.92 Å². The topological polar surface area (TPSA) is 36.7 Å². The smallest absolute Gasteiger partial charge is 0.253 e. The molecule has 0 aliphatic rings. The maximum Gasteiger partial charge on any atom is 0.288 e. The highest BCUT2D eigenvalue weighted by Gasteiger charge is 2.29. The van der Waals surface area contributed by atoms with E-state index in [1.54, 1.807) is 6.07 Å². The summed E-state index contributed by atoms with van der Waals surface area (Å²) in [5.74, 6) is -2.90. The molecule has 0 aliphatic heterocycles. The minimum absolute atomic E-state index is 0.0475. The first-order chi connectivity index (χ1) is 6.86. The van der Waals surface area contributed by atoms with E-state index in [1.807, 2.05) is 13.8 Å². The minimum atomic E-state index is -3.07. The van der Waals surface area contributed by atoms with Gasteiger partial charge >= 0.3 is 0 Å². The fraction of sp³-hybridized carbons (Fsp3) is 0.455. The second kappa shape index (κ2) is 3.93. The molecule has 0 aliphatic carbocycles. The van der Waals surface area contributed by atoms with E-state index in [-0.39, 0.29) is 11.5 Å². The van der Waals surface area contributed by atoms with Crippen LogP contribution in [-0.4, -0.2) is 4.98 Å². The molecule has 4 heteroatoms. The molecule has 15 heavy (non-hydrogen) atoms. The van der Waals surface area contributed by atoms with Gasteiger partial charge in [0.05, 0.1) is 5.56 Å². The van der Waals surface area contributed by atoms with Crippen LogP contribution in [0.2, 0.25) is 0 Å². The van der Waals surface area contributed by atoms with E-state index in [2.05, 4.69) is 4.98 Å². The van der Waals surface area contributed by atoms with Gasteiger partial charge in [0.25, 0.3) is 5.92 Å². The number of hydrogen-bond acceptors (Lipinski definition) is 2. The van der Waals surface area contributed by atoms with E-state index < -0.39 is 11.6 Å². The molecular weight excluding hydrogens is 198 g/mol. The van der Waals surface area contributed by atoms with Crippen LogP contribution in [0.5, 0.6) is 0 Å². The van der Waals surface area contributed by atoms with Crippen LogP contribution in [0.3, 0.4) is 0 Å². The van der Waals surface area contributed by atoms with Crippen molar-refractivity contribution in [2.24, 2.45) is 0 Å². The summed E-state index contributed by atoms with van der Waals surface area (Å²) >= 11 is 0. The number of aromatic nitrogens is 1. The van der Waals surface area contributed by atoms with Crippen LogP contribution in [0.15, 0.2) is 12.3 Å². The summed E-state index contributed by atoms with van der Waals surface area (Å²) in [6.07, 6.45) is 1.40. The molecule has 0 aromatic carbocycles. The van der Waals surface area contributed by atoms with Gasteiger partial charge in [0.15, 0.2) is 0 Å². The number of pyridine rings is 1. The van der Waals surface area contributed by atoms with E-state index >= 15 is 0 Å². The Balaban J connectivity index is 3.29. The first-order valence-corrected chi connectivity index (χ1v) is 4.64. The third-order valence-corrected chi connectivity index (χ3v) is 2.11. The predicted molar refractivity (Wildman–Crippen MR) is 52.6 cm³/mol. The molecule has 0 N–H and O–H groups in total. The van der Waals surface area contributed by atoms with Crippen molar-refractivity contribution in [2.45, 2.75) is 32.6 Å². The van der Waals surface area contributed by atoms with E-state index in [0.717, 1.165) is 12.5 Å². The van der Waals surface area contributed by atoms with Crippen molar-refractivity contribution in [2.75, 3.05) is 0 Å².